The fourth-order valence-electron chi connectivity index (χ4n) is 3.66. The van der Waals surface area contributed by atoms with Gasteiger partial charge in [0, 0.05) is 18.7 Å². The van der Waals surface area contributed by atoms with E-state index in [0.29, 0.717) is 30.4 Å². The molecule has 0 aliphatic carbocycles. The molecular weight excluding hydrogens is 406 g/mol. The summed E-state index contributed by atoms with van der Waals surface area (Å²) in [6, 6.07) is 8.68. The van der Waals surface area contributed by atoms with E-state index >= 15 is 0 Å². The average Bonchev–Trinajstić information content (AvgIpc) is 3.47. The highest BCUT2D eigenvalue weighted by Crippen LogP contribution is 2.27. The van der Waals surface area contributed by atoms with Gasteiger partial charge >= 0.3 is 6.61 Å². The zero-order valence-electron chi connectivity index (χ0n) is 17.9. The predicted octanol–water partition coefficient (Wildman–Crippen LogP) is 3.78. The van der Waals surface area contributed by atoms with E-state index in [0.717, 1.165) is 18.8 Å². The van der Waals surface area contributed by atoms with Gasteiger partial charge in [-0.25, -0.2) is 4.99 Å². The minimum Gasteiger partial charge on any atom is -0.497 e. The van der Waals surface area contributed by atoms with Crippen LogP contribution in [0.3, 0.4) is 0 Å². The molecule has 2 aromatic rings. The molecule has 170 valence electrons. The number of alkyl halides is 2. The zero-order valence-corrected chi connectivity index (χ0v) is 17.9. The van der Waals surface area contributed by atoms with Gasteiger partial charge in [0.15, 0.2) is 5.96 Å². The molecule has 1 aromatic carbocycles. The summed E-state index contributed by atoms with van der Waals surface area (Å²) in [5.74, 6) is 2.13. The van der Waals surface area contributed by atoms with Gasteiger partial charge in [0.1, 0.15) is 17.3 Å². The van der Waals surface area contributed by atoms with Gasteiger partial charge in [-0.05, 0) is 63.2 Å². The smallest absolute Gasteiger partial charge is 0.387 e. The molecule has 1 unspecified atom stereocenters. The van der Waals surface area contributed by atoms with Crippen molar-refractivity contribution in [3.8, 4) is 11.5 Å². The summed E-state index contributed by atoms with van der Waals surface area (Å²) < 4.78 is 41.0. The van der Waals surface area contributed by atoms with Gasteiger partial charge in [-0.2, -0.15) is 8.78 Å². The van der Waals surface area contributed by atoms with Crippen LogP contribution in [0.2, 0.25) is 0 Å². The maximum Gasteiger partial charge on any atom is 0.387 e. The molecular formula is C22H30F2N4O3. The number of furan rings is 1. The number of nitrogens with zero attached hydrogens (tertiary/aromatic N) is 2. The third kappa shape index (κ3) is 6.58. The Kier molecular flexibility index (Phi) is 8.52. The molecule has 0 saturated carbocycles. The molecule has 31 heavy (non-hydrogen) atoms. The van der Waals surface area contributed by atoms with E-state index in [9.17, 15) is 8.78 Å². The topological polar surface area (TPSA) is 71.3 Å². The van der Waals surface area contributed by atoms with E-state index in [4.69, 9.17) is 9.15 Å². The highest BCUT2D eigenvalue weighted by atomic mass is 19.3. The summed E-state index contributed by atoms with van der Waals surface area (Å²) in [5.41, 5.74) is 0.513. The van der Waals surface area contributed by atoms with E-state index in [1.165, 1.54) is 26.0 Å². The molecule has 1 atom stereocenters. The summed E-state index contributed by atoms with van der Waals surface area (Å²) in [6.45, 7) is 2.55. The van der Waals surface area contributed by atoms with Gasteiger partial charge in [-0.1, -0.05) is 0 Å². The molecule has 1 aromatic heterocycles. The molecule has 7 nitrogen and oxygen atoms in total. The van der Waals surface area contributed by atoms with Crippen molar-refractivity contribution in [3.05, 3.63) is 47.9 Å². The van der Waals surface area contributed by atoms with Gasteiger partial charge < -0.3 is 24.5 Å². The minimum absolute atomic E-state index is 0.0842. The molecule has 1 aliphatic heterocycles. The van der Waals surface area contributed by atoms with Crippen LogP contribution in [0.4, 0.5) is 8.78 Å². The van der Waals surface area contributed by atoms with Crippen molar-refractivity contribution in [1.82, 2.24) is 15.5 Å². The first-order valence-electron chi connectivity index (χ1n) is 10.5. The Balaban J connectivity index is 1.72. The van der Waals surface area contributed by atoms with E-state index < -0.39 is 6.61 Å². The second-order valence-electron chi connectivity index (χ2n) is 7.20. The molecule has 1 saturated heterocycles. The van der Waals surface area contributed by atoms with Crippen LogP contribution in [0, 0.1) is 0 Å². The SMILES string of the molecule is CCNC(=NCc1cc(OC)ccc1OC(F)F)NCC(c1ccco1)N1CCCC1. The van der Waals surface area contributed by atoms with Gasteiger partial charge in [0.2, 0.25) is 0 Å². The Hall–Kier alpha value is -2.81. The fourth-order valence-corrected chi connectivity index (χ4v) is 3.66. The van der Waals surface area contributed by atoms with Crippen molar-refractivity contribution in [2.45, 2.75) is 39.0 Å². The van der Waals surface area contributed by atoms with Crippen LogP contribution in [0.15, 0.2) is 46.0 Å². The molecule has 0 radical (unpaired) electrons. The van der Waals surface area contributed by atoms with E-state index in [-0.39, 0.29) is 18.3 Å². The number of halogens is 2. The van der Waals surface area contributed by atoms with Crippen LogP contribution in [-0.2, 0) is 6.54 Å². The van der Waals surface area contributed by atoms with Crippen LogP contribution in [-0.4, -0.2) is 50.8 Å². The van der Waals surface area contributed by atoms with Crippen LogP contribution < -0.4 is 20.1 Å². The minimum atomic E-state index is -2.91. The Morgan fingerprint density at radius 3 is 2.68 bits per heavy atom. The monoisotopic (exact) mass is 436 g/mol. The molecule has 0 bridgehead atoms. The fraction of sp³-hybridized carbons (Fsp3) is 0.500. The largest absolute Gasteiger partial charge is 0.497 e. The van der Waals surface area contributed by atoms with E-state index in [1.807, 2.05) is 19.1 Å². The molecule has 0 amide bonds. The first-order valence-corrected chi connectivity index (χ1v) is 10.5. The lowest BCUT2D eigenvalue weighted by molar-refractivity contribution is -0.0504. The molecule has 2 N–H and O–H groups in total. The maximum atomic E-state index is 12.8. The van der Waals surface area contributed by atoms with Gasteiger partial charge in [0.25, 0.3) is 0 Å². The van der Waals surface area contributed by atoms with Crippen molar-refractivity contribution in [3.63, 3.8) is 0 Å². The molecule has 3 rings (SSSR count). The number of nitrogens with one attached hydrogen (secondary N) is 2. The lowest BCUT2D eigenvalue weighted by Crippen LogP contribution is -2.42. The van der Waals surface area contributed by atoms with E-state index in [1.54, 1.807) is 18.4 Å². The highest BCUT2D eigenvalue weighted by molar-refractivity contribution is 5.79. The van der Waals surface area contributed by atoms with Crippen LogP contribution in [0.1, 0.15) is 37.1 Å². The zero-order chi connectivity index (χ0) is 22.1. The number of guanidine groups is 1. The number of aliphatic imine (C=N–C) groups is 1. The normalized spacial score (nSPS) is 15.8. The second kappa shape index (κ2) is 11.5. The number of hydrogen-bond acceptors (Lipinski definition) is 5. The van der Waals surface area contributed by atoms with Gasteiger partial charge in [0.05, 0.1) is 26.0 Å². The second-order valence-corrected chi connectivity index (χ2v) is 7.20. The van der Waals surface area contributed by atoms with Crippen molar-refractivity contribution >= 4 is 5.96 Å². The quantitative estimate of drug-likeness (QED) is 0.436. The van der Waals surface area contributed by atoms with Gasteiger partial charge in [-0.15, -0.1) is 0 Å². The van der Waals surface area contributed by atoms with Crippen LogP contribution in [0.25, 0.3) is 0 Å². The number of hydrogen-bond donors (Lipinski definition) is 2. The van der Waals surface area contributed by atoms with Crippen LogP contribution >= 0.6 is 0 Å². The number of benzene rings is 1. The molecule has 9 heteroatoms. The third-order valence-electron chi connectivity index (χ3n) is 5.15. The number of likely N-dealkylation sites (tertiary alicyclic amines) is 1. The highest BCUT2D eigenvalue weighted by Gasteiger charge is 2.25. The lowest BCUT2D eigenvalue weighted by Gasteiger charge is -2.26. The summed E-state index contributed by atoms with van der Waals surface area (Å²) in [7, 11) is 1.52. The Labute approximate surface area is 181 Å². The molecule has 2 heterocycles. The Morgan fingerprint density at radius 2 is 2.03 bits per heavy atom. The van der Waals surface area contributed by atoms with Crippen molar-refractivity contribution in [2.75, 3.05) is 33.3 Å². The Morgan fingerprint density at radius 1 is 1.23 bits per heavy atom. The standard InChI is InChI=1S/C22H30F2N4O3/c1-3-25-22(26-14-16-13-17(29-2)8-9-19(16)31-21(23)24)27-15-18(20-7-6-12-30-20)28-10-4-5-11-28/h6-9,12-13,18,21H,3-5,10-11,14-15H2,1-2H3,(H2,25,26,27). The first-order chi connectivity index (χ1) is 15.1. The maximum absolute atomic E-state index is 12.8. The predicted molar refractivity (Wildman–Crippen MR) is 115 cm³/mol. The van der Waals surface area contributed by atoms with Crippen LogP contribution in [0.5, 0.6) is 11.5 Å². The third-order valence-corrected chi connectivity index (χ3v) is 5.15. The number of ether oxygens (including phenoxy) is 2. The van der Waals surface area contributed by atoms with Crippen molar-refractivity contribution in [2.24, 2.45) is 4.99 Å². The molecule has 1 fully saturated rings. The number of methoxy groups -OCH3 is 1. The summed E-state index contributed by atoms with van der Waals surface area (Å²) in [5, 5.41) is 6.56. The van der Waals surface area contributed by atoms with Crippen molar-refractivity contribution < 1.29 is 22.7 Å². The Bertz CT molecular complexity index is 824. The molecule has 0 spiro atoms. The molecule has 1 aliphatic rings. The lowest BCUT2D eigenvalue weighted by atomic mass is 10.2. The average molecular weight is 437 g/mol. The summed E-state index contributed by atoms with van der Waals surface area (Å²) >= 11 is 0. The van der Waals surface area contributed by atoms with E-state index in [2.05, 4.69) is 25.3 Å². The van der Waals surface area contributed by atoms with Crippen molar-refractivity contribution in [1.29, 1.82) is 0 Å². The number of rotatable bonds is 10. The summed E-state index contributed by atoms with van der Waals surface area (Å²) in [6.07, 6.45) is 4.03. The van der Waals surface area contributed by atoms with Gasteiger partial charge in [-0.3, -0.25) is 4.90 Å². The summed E-state index contributed by atoms with van der Waals surface area (Å²) in [4.78, 5) is 6.97. The first kappa shape index (κ1) is 22.9.